The van der Waals surface area contributed by atoms with E-state index in [0.717, 1.165) is 90.4 Å². The smallest absolute Gasteiger partial charge is 0.306 e. The summed E-state index contributed by atoms with van der Waals surface area (Å²) in [5.41, 5.74) is 0.783. The third-order valence-electron chi connectivity index (χ3n) is 15.6. The highest BCUT2D eigenvalue weighted by Gasteiger charge is 2.47. The van der Waals surface area contributed by atoms with Gasteiger partial charge < -0.3 is 38.1 Å². The zero-order chi connectivity index (χ0) is 55.9. The van der Waals surface area contributed by atoms with Gasteiger partial charge in [-0.15, -0.1) is 0 Å². The van der Waals surface area contributed by atoms with E-state index in [4.69, 9.17) is 33.2 Å². The van der Waals surface area contributed by atoms with Gasteiger partial charge in [0, 0.05) is 26.6 Å². The van der Waals surface area contributed by atoms with Gasteiger partial charge in [0.15, 0.2) is 6.29 Å². The lowest BCUT2D eigenvalue weighted by Crippen LogP contribution is -2.41. The summed E-state index contributed by atoms with van der Waals surface area (Å²) in [5.74, 6) is 0.718. The van der Waals surface area contributed by atoms with Gasteiger partial charge in [-0.2, -0.15) is 0 Å². The monoisotopic (exact) mass is 1090 g/mol. The predicted molar refractivity (Wildman–Crippen MR) is 320 cm³/mol. The van der Waals surface area contributed by atoms with Crippen LogP contribution in [0.3, 0.4) is 0 Å². The lowest BCUT2D eigenvalue weighted by atomic mass is 9.94. The number of unbranched alkanes of at least 4 members (excludes halogenated alkanes) is 23. The van der Waals surface area contributed by atoms with E-state index in [1.807, 2.05) is 26.8 Å². The van der Waals surface area contributed by atoms with Crippen LogP contribution in [0.2, 0.25) is 0 Å². The Morgan fingerprint density at radius 2 is 0.961 bits per heavy atom. The number of hydrogen-bond donors (Lipinski definition) is 0. The second kappa shape index (κ2) is 48.6. The third-order valence-corrected chi connectivity index (χ3v) is 15.6. The average Bonchev–Trinajstić information content (AvgIpc) is 3.77. The zero-order valence-corrected chi connectivity index (χ0v) is 51.6. The molecule has 1 aliphatic heterocycles. The fraction of sp³-hybridized carbons (Fsp3) is 0.881. The van der Waals surface area contributed by atoms with Crippen molar-refractivity contribution in [1.82, 2.24) is 4.90 Å². The maximum absolute atomic E-state index is 13.4. The van der Waals surface area contributed by atoms with Crippen LogP contribution in [0.4, 0.5) is 0 Å². The van der Waals surface area contributed by atoms with E-state index in [1.165, 1.54) is 160 Å². The van der Waals surface area contributed by atoms with E-state index in [2.05, 4.69) is 56.9 Å². The van der Waals surface area contributed by atoms with E-state index in [-0.39, 0.29) is 30.8 Å². The van der Waals surface area contributed by atoms with Crippen molar-refractivity contribution in [1.29, 1.82) is 0 Å². The topological polar surface area (TPSA) is 102 Å². The Bertz CT molecular complexity index is 1470. The van der Waals surface area contributed by atoms with Crippen LogP contribution in [0, 0.1) is 11.8 Å². The van der Waals surface area contributed by atoms with Gasteiger partial charge in [-0.25, -0.2) is 0 Å². The molecule has 0 amide bonds. The molecule has 6 atom stereocenters. The summed E-state index contributed by atoms with van der Waals surface area (Å²) in [6, 6.07) is 10.4. The van der Waals surface area contributed by atoms with Crippen molar-refractivity contribution in [2.75, 3.05) is 53.2 Å². The first-order chi connectivity index (χ1) is 37.5. The molecule has 10 heteroatoms. The van der Waals surface area contributed by atoms with Crippen LogP contribution >= 0.6 is 0 Å². The second-order valence-corrected chi connectivity index (χ2v) is 24.1. The molecule has 2 unspecified atom stereocenters. The van der Waals surface area contributed by atoms with Crippen molar-refractivity contribution in [2.24, 2.45) is 11.8 Å². The largest absolute Gasteiger partial charge is 0.463 e. The molecule has 0 bridgehead atoms. The van der Waals surface area contributed by atoms with Crippen molar-refractivity contribution in [3.63, 3.8) is 0 Å². The van der Waals surface area contributed by atoms with Crippen LogP contribution in [-0.2, 0) is 49.4 Å². The molecule has 77 heavy (non-hydrogen) atoms. The first-order valence-electron chi connectivity index (χ1n) is 32.7. The second-order valence-electron chi connectivity index (χ2n) is 24.1. The van der Waals surface area contributed by atoms with Crippen molar-refractivity contribution in [3.8, 4) is 0 Å². The number of carbonyl (C=O) groups excluding carboxylic acids is 2. The Morgan fingerprint density at radius 3 is 1.45 bits per heavy atom. The fourth-order valence-electron chi connectivity index (χ4n) is 10.9. The molecule has 0 aliphatic carbocycles. The summed E-state index contributed by atoms with van der Waals surface area (Å²) in [7, 11) is 1.71. The molecule has 1 fully saturated rings. The summed E-state index contributed by atoms with van der Waals surface area (Å²) in [6.45, 7) is 21.0. The van der Waals surface area contributed by atoms with Crippen LogP contribution in [0.1, 0.15) is 285 Å². The minimum absolute atomic E-state index is 0.0987. The first kappa shape index (κ1) is 71.0. The molecule has 0 saturated carbocycles. The molecule has 0 N–H and O–H groups in total. The van der Waals surface area contributed by atoms with E-state index in [0.29, 0.717) is 44.5 Å². The zero-order valence-electron chi connectivity index (χ0n) is 51.6. The van der Waals surface area contributed by atoms with Gasteiger partial charge in [0.05, 0.1) is 19.8 Å². The number of carbonyl (C=O) groups is 2. The van der Waals surface area contributed by atoms with Gasteiger partial charge in [-0.05, 0) is 122 Å². The van der Waals surface area contributed by atoms with Gasteiger partial charge in [0.2, 0.25) is 0 Å². The predicted octanol–water partition coefficient (Wildman–Crippen LogP) is 17.9. The van der Waals surface area contributed by atoms with Crippen molar-refractivity contribution < 1.29 is 42.7 Å². The molecule has 1 aromatic rings. The molecule has 1 aliphatic rings. The highest BCUT2D eigenvalue weighted by atomic mass is 16.7. The van der Waals surface area contributed by atoms with Crippen molar-refractivity contribution in [3.05, 3.63) is 35.9 Å². The minimum atomic E-state index is -0.572. The Morgan fingerprint density at radius 1 is 0.532 bits per heavy atom. The molecule has 1 heterocycles. The highest BCUT2D eigenvalue weighted by molar-refractivity contribution is 5.69. The van der Waals surface area contributed by atoms with E-state index >= 15 is 0 Å². The summed E-state index contributed by atoms with van der Waals surface area (Å²) in [6.07, 6.45) is 39.8. The number of benzene rings is 1. The number of ether oxygens (including phenoxy) is 7. The van der Waals surface area contributed by atoms with Crippen molar-refractivity contribution in [2.45, 2.75) is 316 Å². The summed E-state index contributed by atoms with van der Waals surface area (Å²) < 4.78 is 44.1. The fourth-order valence-corrected chi connectivity index (χ4v) is 10.9. The van der Waals surface area contributed by atoms with E-state index < -0.39 is 18.0 Å². The van der Waals surface area contributed by atoms with Crippen LogP contribution in [0.25, 0.3) is 0 Å². The van der Waals surface area contributed by atoms with Crippen LogP contribution in [0.15, 0.2) is 30.3 Å². The highest BCUT2D eigenvalue weighted by Crippen LogP contribution is 2.32. The molecule has 0 aromatic heterocycles. The Kier molecular flexibility index (Phi) is 44.8. The maximum atomic E-state index is 13.4. The van der Waals surface area contributed by atoms with Gasteiger partial charge in [-0.1, -0.05) is 212 Å². The first-order valence-corrected chi connectivity index (χ1v) is 32.7. The standard InChI is InChI=1S/C67H123NO9/c1-9-13-17-21-23-32-46-59(44-30-19-15-11-3)55-74-64-61(76-66(71-8)65(64)75-56-60(45-31-20-16-12-4)47-33-24-22-18-14-10-2)57-73-62(69)48-36-25-27-38-50-68(51-39-28-26-37-49-63(70)77-67(5,6)7)52-40-41-53-72-54-58-42-34-29-35-43-58/h29,34-35,42-43,59-61,64-66H,9-28,30-33,36-41,44-57H2,1-8H3/t59?,60?,61-,64+,65+,66-/m1/s1. The molecule has 0 spiro atoms. The Balaban J connectivity index is 2.01. The third kappa shape index (κ3) is 39.1. The normalized spacial score (nSPS) is 17.6. The number of esters is 2. The molecule has 450 valence electrons. The lowest BCUT2D eigenvalue weighted by Gasteiger charge is -2.28. The molecule has 1 saturated heterocycles. The number of nitrogens with zero attached hydrogens (tertiary/aromatic N) is 1. The molecule has 0 radical (unpaired) electrons. The average molecular weight is 1090 g/mol. The summed E-state index contributed by atoms with van der Waals surface area (Å²) in [4.78, 5) is 28.2. The molecule has 1 aromatic carbocycles. The quantitative estimate of drug-likeness (QED) is 0.0463. The molecule has 10 nitrogen and oxygen atoms in total. The molecular weight excluding hydrogens is 963 g/mol. The number of rotatable bonds is 54. The number of hydrogen-bond acceptors (Lipinski definition) is 10. The molecular formula is C67H123NO9. The van der Waals surface area contributed by atoms with E-state index in [1.54, 1.807) is 7.11 Å². The van der Waals surface area contributed by atoms with Gasteiger partial charge in [0.1, 0.15) is 30.5 Å². The minimum Gasteiger partial charge on any atom is -0.463 e. The van der Waals surface area contributed by atoms with Crippen LogP contribution in [-0.4, -0.2) is 100 Å². The van der Waals surface area contributed by atoms with Gasteiger partial charge in [0.25, 0.3) is 0 Å². The maximum Gasteiger partial charge on any atom is 0.306 e. The van der Waals surface area contributed by atoms with Crippen LogP contribution in [0.5, 0.6) is 0 Å². The lowest BCUT2D eigenvalue weighted by molar-refractivity contribution is -0.174. The Labute approximate surface area is 475 Å². The molecule has 2 rings (SSSR count). The SMILES string of the molecule is CCCCCCCCC(CCCCCC)CO[C@@H]1[C@H](OC)O[C@H](COC(=O)CCCCCCN(CCCCCCC(=O)OC(C)(C)C)CCCCOCc2ccccc2)[C@@H]1OCC(CCCCCC)CCCCCCCC. The van der Waals surface area contributed by atoms with Crippen molar-refractivity contribution >= 4 is 11.9 Å². The van der Waals surface area contributed by atoms with Gasteiger partial charge >= 0.3 is 11.9 Å². The Hall–Kier alpha value is -2.08. The van der Waals surface area contributed by atoms with Crippen LogP contribution < -0.4 is 0 Å². The number of methoxy groups -OCH3 is 1. The van der Waals surface area contributed by atoms with Gasteiger partial charge in [-0.3, -0.25) is 9.59 Å². The van der Waals surface area contributed by atoms with E-state index in [9.17, 15) is 9.59 Å². The summed E-state index contributed by atoms with van der Waals surface area (Å²) >= 11 is 0. The summed E-state index contributed by atoms with van der Waals surface area (Å²) in [5, 5.41) is 0.